The van der Waals surface area contributed by atoms with Crippen molar-refractivity contribution in [2.24, 2.45) is 0 Å². The Morgan fingerprint density at radius 3 is 2.79 bits per heavy atom. The zero-order chi connectivity index (χ0) is 16.5. The minimum absolute atomic E-state index is 0.141. The number of nitrogens with one attached hydrogen (secondary N) is 1. The molecule has 24 heavy (non-hydrogen) atoms. The highest BCUT2D eigenvalue weighted by Gasteiger charge is 2.24. The average molecular weight is 326 g/mol. The third-order valence-corrected chi connectivity index (χ3v) is 4.66. The van der Waals surface area contributed by atoms with Gasteiger partial charge in [-0.25, -0.2) is 4.98 Å². The van der Waals surface area contributed by atoms with Crippen LogP contribution in [0.25, 0.3) is 11.0 Å². The quantitative estimate of drug-likeness (QED) is 0.797. The predicted octanol–water partition coefficient (Wildman–Crippen LogP) is 2.53. The number of aryl methyl sites for hydroxylation is 1. The fraction of sp³-hybridized carbons (Fsp3) is 0.471. The highest BCUT2D eigenvalue weighted by molar-refractivity contribution is 5.77. The van der Waals surface area contributed by atoms with Gasteiger partial charge >= 0.3 is 0 Å². The summed E-state index contributed by atoms with van der Waals surface area (Å²) in [4.78, 5) is 17.2. The van der Waals surface area contributed by atoms with Gasteiger partial charge < -0.3 is 14.4 Å². The maximum atomic E-state index is 5.34. The summed E-state index contributed by atoms with van der Waals surface area (Å²) in [7, 11) is 0. The molecule has 1 N–H and O–H groups in total. The summed E-state index contributed by atoms with van der Waals surface area (Å²) in [6.45, 7) is 7.86. The van der Waals surface area contributed by atoms with Crippen molar-refractivity contribution in [3.05, 3.63) is 36.0 Å². The van der Waals surface area contributed by atoms with Crippen LogP contribution >= 0.6 is 0 Å². The molecule has 7 heteroatoms. The second-order valence-electron chi connectivity index (χ2n) is 6.31. The van der Waals surface area contributed by atoms with E-state index < -0.39 is 0 Å². The van der Waals surface area contributed by atoms with Crippen molar-refractivity contribution >= 4 is 17.0 Å². The predicted molar refractivity (Wildman–Crippen MR) is 91.9 cm³/mol. The van der Waals surface area contributed by atoms with Gasteiger partial charge in [-0.2, -0.15) is 4.98 Å². The van der Waals surface area contributed by atoms with E-state index in [1.165, 1.54) is 0 Å². The second kappa shape index (κ2) is 6.24. The van der Waals surface area contributed by atoms with E-state index in [0.717, 1.165) is 49.6 Å². The van der Waals surface area contributed by atoms with E-state index in [-0.39, 0.29) is 6.04 Å². The average Bonchev–Trinajstić information content (AvgIpc) is 3.13. The lowest BCUT2D eigenvalue weighted by Gasteiger charge is -2.25. The van der Waals surface area contributed by atoms with E-state index in [1.54, 1.807) is 0 Å². The Hall–Kier alpha value is -2.41. The molecule has 1 saturated heterocycles. The van der Waals surface area contributed by atoms with Crippen molar-refractivity contribution in [3.63, 3.8) is 0 Å². The Labute approximate surface area is 140 Å². The lowest BCUT2D eigenvalue weighted by molar-refractivity contribution is 0.184. The van der Waals surface area contributed by atoms with Crippen molar-refractivity contribution in [1.29, 1.82) is 0 Å². The maximum absolute atomic E-state index is 5.34. The number of para-hydroxylation sites is 2. The minimum Gasteiger partial charge on any atom is -0.341 e. The van der Waals surface area contributed by atoms with Crippen LogP contribution in [-0.2, 0) is 0 Å². The number of hydrogen-bond acceptors (Lipinski definition) is 6. The number of imidazole rings is 1. The zero-order valence-electron chi connectivity index (χ0n) is 14.1. The first-order valence-corrected chi connectivity index (χ1v) is 8.44. The summed E-state index contributed by atoms with van der Waals surface area (Å²) >= 11 is 0. The minimum atomic E-state index is 0.141. The van der Waals surface area contributed by atoms with Crippen LogP contribution in [0, 0.1) is 6.92 Å². The van der Waals surface area contributed by atoms with Gasteiger partial charge in [0.15, 0.2) is 5.82 Å². The number of H-pyrrole nitrogens is 1. The van der Waals surface area contributed by atoms with Gasteiger partial charge in [0.25, 0.3) is 0 Å². The Morgan fingerprint density at radius 1 is 1.12 bits per heavy atom. The summed E-state index contributed by atoms with van der Waals surface area (Å²) < 4.78 is 5.34. The zero-order valence-corrected chi connectivity index (χ0v) is 14.1. The lowest BCUT2D eigenvalue weighted by atomic mass is 10.2. The molecule has 0 bridgehead atoms. The molecule has 1 aromatic carbocycles. The molecule has 1 aliphatic heterocycles. The molecule has 1 aliphatic rings. The summed E-state index contributed by atoms with van der Waals surface area (Å²) in [5.74, 6) is 2.35. The molecule has 1 fully saturated rings. The van der Waals surface area contributed by atoms with Crippen molar-refractivity contribution in [3.8, 4) is 0 Å². The molecular weight excluding hydrogens is 304 g/mol. The van der Waals surface area contributed by atoms with Crippen LogP contribution in [0.1, 0.15) is 31.1 Å². The van der Waals surface area contributed by atoms with Gasteiger partial charge in [0.2, 0.25) is 11.8 Å². The molecule has 126 valence electrons. The molecule has 3 aromatic rings. The maximum Gasteiger partial charge on any atom is 0.243 e. The molecular formula is C17H22N6O. The monoisotopic (exact) mass is 326 g/mol. The highest BCUT2D eigenvalue weighted by Crippen LogP contribution is 2.22. The van der Waals surface area contributed by atoms with E-state index in [9.17, 15) is 0 Å². The van der Waals surface area contributed by atoms with Crippen molar-refractivity contribution in [2.75, 3.05) is 31.1 Å². The number of benzene rings is 1. The van der Waals surface area contributed by atoms with Crippen LogP contribution in [0.5, 0.6) is 0 Å². The molecule has 0 spiro atoms. The molecule has 7 nitrogen and oxygen atoms in total. The Kier molecular flexibility index (Phi) is 3.93. The Morgan fingerprint density at radius 2 is 2.00 bits per heavy atom. The number of rotatable bonds is 3. The van der Waals surface area contributed by atoms with Crippen LogP contribution in [0.15, 0.2) is 28.8 Å². The smallest absolute Gasteiger partial charge is 0.243 e. The van der Waals surface area contributed by atoms with Gasteiger partial charge in [0, 0.05) is 26.2 Å². The van der Waals surface area contributed by atoms with Crippen LogP contribution in [0.2, 0.25) is 0 Å². The van der Waals surface area contributed by atoms with E-state index >= 15 is 0 Å². The van der Waals surface area contributed by atoms with E-state index in [2.05, 4.69) is 37.9 Å². The summed E-state index contributed by atoms with van der Waals surface area (Å²) in [6.07, 6.45) is 1.08. The van der Waals surface area contributed by atoms with Gasteiger partial charge in [-0.1, -0.05) is 17.3 Å². The normalized spacial score (nSPS) is 18.0. The molecule has 0 radical (unpaired) electrons. The molecule has 4 rings (SSSR count). The topological polar surface area (TPSA) is 74.1 Å². The lowest BCUT2D eigenvalue weighted by Crippen LogP contribution is -2.33. The molecule has 1 atom stereocenters. The number of hydrogen-bond donors (Lipinski definition) is 1. The van der Waals surface area contributed by atoms with Gasteiger partial charge in [-0.15, -0.1) is 0 Å². The molecule has 0 aliphatic carbocycles. The van der Waals surface area contributed by atoms with Crippen molar-refractivity contribution < 1.29 is 4.52 Å². The standard InChI is InChI=1S/C17H22N6O/c1-12(16-18-13(2)21-24-16)22-8-5-9-23(11-10-22)17-19-14-6-3-4-7-15(14)20-17/h3-4,6-7,12H,5,8-11H2,1-2H3,(H,19,20). The first-order chi connectivity index (χ1) is 11.7. The fourth-order valence-corrected chi connectivity index (χ4v) is 3.26. The largest absolute Gasteiger partial charge is 0.341 e. The highest BCUT2D eigenvalue weighted by atomic mass is 16.5. The second-order valence-corrected chi connectivity index (χ2v) is 6.31. The van der Waals surface area contributed by atoms with E-state index in [0.29, 0.717) is 11.7 Å². The number of aromatic amines is 1. The molecule has 3 heterocycles. The van der Waals surface area contributed by atoms with Crippen LogP contribution in [0.3, 0.4) is 0 Å². The summed E-state index contributed by atoms with van der Waals surface area (Å²) in [6, 6.07) is 8.30. The van der Waals surface area contributed by atoms with Crippen LogP contribution in [0.4, 0.5) is 5.95 Å². The Balaban J connectivity index is 1.47. The van der Waals surface area contributed by atoms with Crippen molar-refractivity contribution in [2.45, 2.75) is 26.3 Å². The fourth-order valence-electron chi connectivity index (χ4n) is 3.26. The third-order valence-electron chi connectivity index (χ3n) is 4.66. The SMILES string of the molecule is Cc1noc(C(C)N2CCCN(c3nc4ccccc4[nH]3)CC2)n1. The first kappa shape index (κ1) is 15.1. The number of nitrogens with zero attached hydrogens (tertiary/aromatic N) is 5. The summed E-state index contributed by atoms with van der Waals surface area (Å²) in [5, 5.41) is 3.90. The Bertz CT molecular complexity index is 792. The first-order valence-electron chi connectivity index (χ1n) is 8.44. The number of anilines is 1. The van der Waals surface area contributed by atoms with Crippen LogP contribution < -0.4 is 4.90 Å². The number of fused-ring (bicyclic) bond motifs is 1. The summed E-state index contributed by atoms with van der Waals surface area (Å²) in [5.41, 5.74) is 2.10. The van der Waals surface area contributed by atoms with Crippen molar-refractivity contribution in [1.82, 2.24) is 25.0 Å². The third kappa shape index (κ3) is 2.87. The molecule has 1 unspecified atom stereocenters. The van der Waals surface area contributed by atoms with Gasteiger partial charge in [0.05, 0.1) is 17.1 Å². The molecule has 0 amide bonds. The van der Waals surface area contributed by atoms with Gasteiger partial charge in [-0.3, -0.25) is 4.90 Å². The van der Waals surface area contributed by atoms with E-state index in [4.69, 9.17) is 9.51 Å². The van der Waals surface area contributed by atoms with Gasteiger partial charge in [-0.05, 0) is 32.4 Å². The number of aromatic nitrogens is 4. The van der Waals surface area contributed by atoms with Gasteiger partial charge in [0.1, 0.15) is 0 Å². The van der Waals surface area contributed by atoms with E-state index in [1.807, 2.05) is 25.1 Å². The van der Waals surface area contributed by atoms with Crippen LogP contribution in [-0.4, -0.2) is 51.2 Å². The molecule has 0 saturated carbocycles. The molecule has 2 aromatic heterocycles.